The zero-order valence-corrected chi connectivity index (χ0v) is 10.3. The molecule has 0 spiro atoms. The standard InChI is InChI=1S/C13H15NO2.ClH/c15-13(16)12-5-3-10(4-6-12)8-11-2-1-7-14-9-11;/h3-6,8,14H,1-2,7,9H2,(H,15,16);1H/b11-8-;. The lowest BCUT2D eigenvalue weighted by atomic mass is 10.0. The van der Waals surface area contributed by atoms with E-state index < -0.39 is 5.97 Å². The van der Waals surface area contributed by atoms with E-state index in [2.05, 4.69) is 11.4 Å². The summed E-state index contributed by atoms with van der Waals surface area (Å²) in [5.74, 6) is -0.876. The minimum absolute atomic E-state index is 0. The molecule has 1 aromatic rings. The number of nitrogens with one attached hydrogen (secondary N) is 1. The Balaban J connectivity index is 0.00000144. The Morgan fingerprint density at radius 1 is 1.29 bits per heavy atom. The molecule has 2 rings (SSSR count). The van der Waals surface area contributed by atoms with Crippen LogP contribution in [0.2, 0.25) is 0 Å². The molecule has 0 unspecified atom stereocenters. The van der Waals surface area contributed by atoms with E-state index in [0.717, 1.165) is 25.1 Å². The fraction of sp³-hybridized carbons (Fsp3) is 0.308. The van der Waals surface area contributed by atoms with Crippen LogP contribution in [0.4, 0.5) is 0 Å². The average molecular weight is 254 g/mol. The van der Waals surface area contributed by atoms with Crippen molar-refractivity contribution in [3.63, 3.8) is 0 Å². The van der Waals surface area contributed by atoms with Crippen LogP contribution in [0, 0.1) is 0 Å². The highest BCUT2D eigenvalue weighted by Crippen LogP contribution is 2.14. The molecule has 0 amide bonds. The maximum atomic E-state index is 10.7. The number of rotatable bonds is 2. The summed E-state index contributed by atoms with van der Waals surface area (Å²) in [6, 6.07) is 6.99. The van der Waals surface area contributed by atoms with Crippen LogP contribution in [0.25, 0.3) is 6.08 Å². The predicted molar refractivity (Wildman–Crippen MR) is 70.7 cm³/mol. The third-order valence-corrected chi connectivity index (χ3v) is 2.73. The molecule has 1 saturated heterocycles. The van der Waals surface area contributed by atoms with Crippen molar-refractivity contribution in [3.8, 4) is 0 Å². The molecule has 1 heterocycles. The first-order valence-corrected chi connectivity index (χ1v) is 5.49. The molecule has 1 aliphatic heterocycles. The van der Waals surface area contributed by atoms with Crippen molar-refractivity contribution < 1.29 is 9.90 Å². The molecule has 0 bridgehead atoms. The van der Waals surface area contributed by atoms with Gasteiger partial charge in [0, 0.05) is 6.54 Å². The highest BCUT2D eigenvalue weighted by Gasteiger charge is 2.05. The largest absolute Gasteiger partial charge is 0.478 e. The van der Waals surface area contributed by atoms with E-state index in [1.54, 1.807) is 12.1 Å². The summed E-state index contributed by atoms with van der Waals surface area (Å²) in [5.41, 5.74) is 2.79. The van der Waals surface area contributed by atoms with Gasteiger partial charge in [0.05, 0.1) is 5.56 Å². The first-order chi connectivity index (χ1) is 7.75. The summed E-state index contributed by atoms with van der Waals surface area (Å²) in [5, 5.41) is 12.1. The maximum absolute atomic E-state index is 10.7. The lowest BCUT2D eigenvalue weighted by molar-refractivity contribution is 0.0697. The molecule has 2 N–H and O–H groups in total. The minimum Gasteiger partial charge on any atom is -0.478 e. The zero-order valence-electron chi connectivity index (χ0n) is 9.48. The van der Waals surface area contributed by atoms with Gasteiger partial charge in [-0.1, -0.05) is 23.8 Å². The molecule has 92 valence electrons. The number of aromatic carboxylic acids is 1. The van der Waals surface area contributed by atoms with Gasteiger partial charge in [-0.3, -0.25) is 0 Å². The number of halogens is 1. The van der Waals surface area contributed by atoms with E-state index in [4.69, 9.17) is 5.11 Å². The number of carboxylic acids is 1. The van der Waals surface area contributed by atoms with Gasteiger partial charge < -0.3 is 10.4 Å². The first-order valence-electron chi connectivity index (χ1n) is 5.49. The SMILES string of the molecule is Cl.O=C(O)c1ccc(/C=C2/CCCNC2)cc1. The molecule has 1 aromatic carbocycles. The molecule has 0 radical (unpaired) electrons. The van der Waals surface area contributed by atoms with Crippen LogP contribution in [-0.4, -0.2) is 24.2 Å². The second-order valence-electron chi connectivity index (χ2n) is 4.01. The van der Waals surface area contributed by atoms with Crippen molar-refractivity contribution in [2.45, 2.75) is 12.8 Å². The third-order valence-electron chi connectivity index (χ3n) is 2.73. The fourth-order valence-electron chi connectivity index (χ4n) is 1.86. The summed E-state index contributed by atoms with van der Waals surface area (Å²) >= 11 is 0. The molecule has 3 nitrogen and oxygen atoms in total. The van der Waals surface area contributed by atoms with Gasteiger partial charge in [0.15, 0.2) is 0 Å². The highest BCUT2D eigenvalue weighted by molar-refractivity contribution is 5.87. The van der Waals surface area contributed by atoms with E-state index >= 15 is 0 Å². The van der Waals surface area contributed by atoms with Crippen molar-refractivity contribution >= 4 is 24.5 Å². The van der Waals surface area contributed by atoms with Crippen LogP contribution in [0.1, 0.15) is 28.8 Å². The molecule has 0 aliphatic carbocycles. The van der Waals surface area contributed by atoms with Gasteiger partial charge >= 0.3 is 5.97 Å². The number of carboxylic acid groups (broad SMARTS) is 1. The Kier molecular flexibility index (Phi) is 5.19. The Labute approximate surface area is 107 Å². The number of hydrogen-bond donors (Lipinski definition) is 2. The highest BCUT2D eigenvalue weighted by atomic mass is 35.5. The molecule has 0 aromatic heterocycles. The number of benzene rings is 1. The Morgan fingerprint density at radius 3 is 2.53 bits per heavy atom. The summed E-state index contributed by atoms with van der Waals surface area (Å²) in [4.78, 5) is 10.7. The lowest BCUT2D eigenvalue weighted by Crippen LogP contribution is -2.23. The summed E-state index contributed by atoms with van der Waals surface area (Å²) in [6.45, 7) is 2.04. The summed E-state index contributed by atoms with van der Waals surface area (Å²) in [7, 11) is 0. The van der Waals surface area contributed by atoms with Crippen molar-refractivity contribution in [1.82, 2.24) is 5.32 Å². The summed E-state index contributed by atoms with van der Waals surface area (Å²) < 4.78 is 0. The molecule has 0 atom stereocenters. The monoisotopic (exact) mass is 253 g/mol. The molecular formula is C13H16ClNO2. The quantitative estimate of drug-likeness (QED) is 0.852. The predicted octanol–water partition coefficient (Wildman–Crippen LogP) is 2.57. The van der Waals surface area contributed by atoms with E-state index in [-0.39, 0.29) is 12.4 Å². The zero-order chi connectivity index (χ0) is 11.4. The summed E-state index contributed by atoms with van der Waals surface area (Å²) in [6.07, 6.45) is 4.45. The third kappa shape index (κ3) is 3.88. The second-order valence-corrected chi connectivity index (χ2v) is 4.01. The Bertz CT molecular complexity index is 404. The van der Waals surface area contributed by atoms with Gasteiger partial charge in [-0.15, -0.1) is 12.4 Å². The Hall–Kier alpha value is -1.32. The lowest BCUT2D eigenvalue weighted by Gasteiger charge is -2.15. The van der Waals surface area contributed by atoms with Gasteiger partial charge in [0.25, 0.3) is 0 Å². The van der Waals surface area contributed by atoms with Crippen molar-refractivity contribution in [2.24, 2.45) is 0 Å². The van der Waals surface area contributed by atoms with Crippen LogP contribution in [0.5, 0.6) is 0 Å². The molecule has 1 fully saturated rings. The minimum atomic E-state index is -0.876. The van der Waals surface area contributed by atoms with Crippen molar-refractivity contribution in [3.05, 3.63) is 41.0 Å². The smallest absolute Gasteiger partial charge is 0.335 e. The number of hydrogen-bond acceptors (Lipinski definition) is 2. The van der Waals surface area contributed by atoms with Crippen LogP contribution >= 0.6 is 12.4 Å². The van der Waals surface area contributed by atoms with Gasteiger partial charge in [-0.2, -0.15) is 0 Å². The average Bonchev–Trinajstić information content (AvgIpc) is 2.31. The number of piperidine rings is 1. The van der Waals surface area contributed by atoms with Gasteiger partial charge in [0.1, 0.15) is 0 Å². The van der Waals surface area contributed by atoms with Crippen LogP contribution < -0.4 is 5.32 Å². The molecule has 17 heavy (non-hydrogen) atoms. The molecule has 1 aliphatic rings. The normalized spacial score (nSPS) is 17.5. The fourth-order valence-corrected chi connectivity index (χ4v) is 1.86. The first kappa shape index (κ1) is 13.7. The molecular weight excluding hydrogens is 238 g/mol. The van der Waals surface area contributed by atoms with Gasteiger partial charge in [0.2, 0.25) is 0 Å². The van der Waals surface area contributed by atoms with E-state index in [9.17, 15) is 4.79 Å². The van der Waals surface area contributed by atoms with Crippen molar-refractivity contribution in [2.75, 3.05) is 13.1 Å². The van der Waals surface area contributed by atoms with Crippen LogP contribution in [0.3, 0.4) is 0 Å². The second kappa shape index (κ2) is 6.42. The van der Waals surface area contributed by atoms with E-state index in [1.807, 2.05) is 12.1 Å². The van der Waals surface area contributed by atoms with Gasteiger partial charge in [-0.05, 0) is 37.1 Å². The van der Waals surface area contributed by atoms with Crippen LogP contribution in [0.15, 0.2) is 29.8 Å². The van der Waals surface area contributed by atoms with E-state index in [0.29, 0.717) is 5.56 Å². The Morgan fingerprint density at radius 2 is 2.00 bits per heavy atom. The maximum Gasteiger partial charge on any atom is 0.335 e. The van der Waals surface area contributed by atoms with Crippen LogP contribution in [-0.2, 0) is 0 Å². The van der Waals surface area contributed by atoms with Crippen molar-refractivity contribution in [1.29, 1.82) is 0 Å². The van der Waals surface area contributed by atoms with Gasteiger partial charge in [-0.25, -0.2) is 4.79 Å². The number of carbonyl (C=O) groups is 1. The molecule has 0 saturated carbocycles. The van der Waals surface area contributed by atoms with E-state index in [1.165, 1.54) is 12.0 Å². The molecule has 4 heteroatoms. The topological polar surface area (TPSA) is 49.3 Å².